The van der Waals surface area contributed by atoms with Crippen LogP contribution in [0.15, 0.2) is 11.6 Å². The Kier molecular flexibility index (Phi) is 5.46. The van der Waals surface area contributed by atoms with Crippen LogP contribution in [0.3, 0.4) is 0 Å². The van der Waals surface area contributed by atoms with E-state index in [1.807, 2.05) is 6.08 Å². The van der Waals surface area contributed by atoms with Gasteiger partial charge in [0.25, 0.3) is 0 Å². The van der Waals surface area contributed by atoms with E-state index in [4.69, 9.17) is 11.5 Å². The summed E-state index contributed by atoms with van der Waals surface area (Å²) in [7, 11) is 0. The first-order chi connectivity index (χ1) is 6.45. The van der Waals surface area contributed by atoms with Crippen molar-refractivity contribution in [3.63, 3.8) is 0 Å². The van der Waals surface area contributed by atoms with Gasteiger partial charge < -0.3 is 11.5 Å². The maximum absolute atomic E-state index is 10.7. The molecule has 0 saturated carbocycles. The van der Waals surface area contributed by atoms with E-state index in [1.165, 1.54) is 0 Å². The zero-order valence-electron chi connectivity index (χ0n) is 9.47. The molecule has 0 heterocycles. The standard InChI is InChI=1S/C11H22N2O/c1-4-11(13,5-2)8-6-7-9(3)10(12)14/h7H,4-6,8,13H2,1-3H3,(H2,12,14). The van der Waals surface area contributed by atoms with E-state index in [-0.39, 0.29) is 11.4 Å². The van der Waals surface area contributed by atoms with Crippen LogP contribution >= 0.6 is 0 Å². The maximum Gasteiger partial charge on any atom is 0.244 e. The molecule has 0 aromatic heterocycles. The van der Waals surface area contributed by atoms with Gasteiger partial charge in [-0.05, 0) is 32.6 Å². The molecule has 1 amide bonds. The topological polar surface area (TPSA) is 69.1 Å². The number of hydrogen-bond donors (Lipinski definition) is 2. The second-order valence-electron chi connectivity index (χ2n) is 3.86. The molecule has 3 heteroatoms. The van der Waals surface area contributed by atoms with Gasteiger partial charge in [0.05, 0.1) is 0 Å². The number of primary amides is 1. The predicted molar refractivity (Wildman–Crippen MR) is 59.7 cm³/mol. The fourth-order valence-corrected chi connectivity index (χ4v) is 1.28. The maximum atomic E-state index is 10.7. The summed E-state index contributed by atoms with van der Waals surface area (Å²) in [5.74, 6) is -0.347. The lowest BCUT2D eigenvalue weighted by atomic mass is 9.88. The van der Waals surface area contributed by atoms with Crippen LogP contribution in [0.4, 0.5) is 0 Å². The molecule has 0 aromatic rings. The summed E-state index contributed by atoms with van der Waals surface area (Å²) in [4.78, 5) is 10.7. The lowest BCUT2D eigenvalue weighted by molar-refractivity contribution is -0.114. The Morgan fingerprint density at radius 2 is 1.86 bits per heavy atom. The van der Waals surface area contributed by atoms with Crippen molar-refractivity contribution in [1.29, 1.82) is 0 Å². The second-order valence-corrected chi connectivity index (χ2v) is 3.86. The van der Waals surface area contributed by atoms with E-state index in [0.717, 1.165) is 25.7 Å². The predicted octanol–water partition coefficient (Wildman–Crippen LogP) is 1.72. The van der Waals surface area contributed by atoms with E-state index in [2.05, 4.69) is 13.8 Å². The third kappa shape index (κ3) is 4.42. The highest BCUT2D eigenvalue weighted by Gasteiger charge is 2.18. The molecule has 0 aromatic carbocycles. The van der Waals surface area contributed by atoms with Crippen molar-refractivity contribution in [3.05, 3.63) is 11.6 Å². The SMILES string of the molecule is CCC(N)(CC)CCC=C(C)C(N)=O. The van der Waals surface area contributed by atoms with Crippen LogP contribution in [0.1, 0.15) is 46.5 Å². The van der Waals surface area contributed by atoms with Crippen molar-refractivity contribution in [2.45, 2.75) is 52.0 Å². The Labute approximate surface area is 86.5 Å². The molecule has 0 aliphatic heterocycles. The molecule has 0 saturated heterocycles. The smallest absolute Gasteiger partial charge is 0.244 e. The monoisotopic (exact) mass is 198 g/mol. The number of rotatable bonds is 6. The van der Waals surface area contributed by atoms with E-state index in [9.17, 15) is 4.79 Å². The minimum atomic E-state index is -0.347. The van der Waals surface area contributed by atoms with E-state index in [0.29, 0.717) is 5.57 Å². The molecule has 0 aliphatic carbocycles. The molecule has 0 spiro atoms. The highest BCUT2D eigenvalue weighted by molar-refractivity contribution is 5.91. The van der Waals surface area contributed by atoms with E-state index >= 15 is 0 Å². The quantitative estimate of drug-likeness (QED) is 0.638. The fraction of sp³-hybridized carbons (Fsp3) is 0.727. The molecule has 14 heavy (non-hydrogen) atoms. The summed E-state index contributed by atoms with van der Waals surface area (Å²) < 4.78 is 0. The fourth-order valence-electron chi connectivity index (χ4n) is 1.28. The number of allylic oxidation sites excluding steroid dienone is 1. The highest BCUT2D eigenvalue weighted by atomic mass is 16.1. The Balaban J connectivity index is 4.06. The molecule has 0 bridgehead atoms. The summed E-state index contributed by atoms with van der Waals surface area (Å²) in [6.45, 7) is 5.92. The van der Waals surface area contributed by atoms with E-state index < -0.39 is 0 Å². The summed E-state index contributed by atoms with van der Waals surface area (Å²) in [5.41, 5.74) is 11.8. The van der Waals surface area contributed by atoms with Gasteiger partial charge in [-0.15, -0.1) is 0 Å². The van der Waals surface area contributed by atoms with Gasteiger partial charge >= 0.3 is 0 Å². The van der Waals surface area contributed by atoms with Crippen LogP contribution in [-0.2, 0) is 4.79 Å². The van der Waals surface area contributed by atoms with Crippen molar-refractivity contribution >= 4 is 5.91 Å². The molecular weight excluding hydrogens is 176 g/mol. The largest absolute Gasteiger partial charge is 0.366 e. The van der Waals surface area contributed by atoms with Crippen LogP contribution in [-0.4, -0.2) is 11.4 Å². The molecule has 0 atom stereocenters. The zero-order chi connectivity index (χ0) is 11.2. The second kappa shape index (κ2) is 5.81. The molecule has 82 valence electrons. The Bertz CT molecular complexity index is 217. The van der Waals surface area contributed by atoms with Crippen molar-refractivity contribution in [2.24, 2.45) is 11.5 Å². The molecule has 3 nitrogen and oxygen atoms in total. The summed E-state index contributed by atoms with van der Waals surface area (Å²) in [6, 6.07) is 0. The first-order valence-electron chi connectivity index (χ1n) is 5.20. The van der Waals surface area contributed by atoms with Gasteiger partial charge in [-0.25, -0.2) is 0 Å². The summed E-state index contributed by atoms with van der Waals surface area (Å²) >= 11 is 0. The lowest BCUT2D eigenvalue weighted by Gasteiger charge is -2.25. The van der Waals surface area contributed by atoms with Crippen LogP contribution in [0.2, 0.25) is 0 Å². The van der Waals surface area contributed by atoms with Crippen LogP contribution < -0.4 is 11.5 Å². The van der Waals surface area contributed by atoms with Gasteiger partial charge in [-0.2, -0.15) is 0 Å². The minimum Gasteiger partial charge on any atom is -0.366 e. The Morgan fingerprint density at radius 3 is 2.21 bits per heavy atom. The average Bonchev–Trinajstić information content (AvgIpc) is 2.17. The van der Waals surface area contributed by atoms with Crippen molar-refractivity contribution in [3.8, 4) is 0 Å². The molecule has 0 radical (unpaired) electrons. The van der Waals surface area contributed by atoms with Crippen molar-refractivity contribution < 1.29 is 4.79 Å². The zero-order valence-corrected chi connectivity index (χ0v) is 9.47. The molecule has 0 aliphatic rings. The molecule has 0 fully saturated rings. The van der Waals surface area contributed by atoms with Gasteiger partial charge in [-0.3, -0.25) is 4.79 Å². The third-order valence-electron chi connectivity index (χ3n) is 2.89. The summed E-state index contributed by atoms with van der Waals surface area (Å²) in [6.07, 6.45) is 5.53. The van der Waals surface area contributed by atoms with Crippen molar-refractivity contribution in [2.75, 3.05) is 0 Å². The lowest BCUT2D eigenvalue weighted by Crippen LogP contribution is -2.37. The third-order valence-corrected chi connectivity index (χ3v) is 2.89. The van der Waals surface area contributed by atoms with Gasteiger partial charge in [-0.1, -0.05) is 19.9 Å². The summed E-state index contributed by atoms with van der Waals surface area (Å²) in [5, 5.41) is 0. The van der Waals surface area contributed by atoms with Gasteiger partial charge in [0.2, 0.25) is 5.91 Å². The first-order valence-corrected chi connectivity index (χ1v) is 5.20. The van der Waals surface area contributed by atoms with Gasteiger partial charge in [0, 0.05) is 11.1 Å². The van der Waals surface area contributed by atoms with Gasteiger partial charge in [0.1, 0.15) is 0 Å². The Hall–Kier alpha value is -0.830. The first kappa shape index (κ1) is 13.2. The minimum absolute atomic E-state index is 0.0889. The molecule has 0 rings (SSSR count). The highest BCUT2D eigenvalue weighted by Crippen LogP contribution is 2.18. The Morgan fingerprint density at radius 1 is 1.36 bits per heavy atom. The number of carbonyl (C=O) groups excluding carboxylic acids is 1. The number of nitrogens with two attached hydrogens (primary N) is 2. The number of carbonyl (C=O) groups is 1. The normalized spacial score (nSPS) is 13.0. The van der Waals surface area contributed by atoms with Crippen LogP contribution in [0, 0.1) is 0 Å². The molecule has 4 N–H and O–H groups in total. The van der Waals surface area contributed by atoms with Crippen LogP contribution in [0.5, 0.6) is 0 Å². The van der Waals surface area contributed by atoms with Gasteiger partial charge in [0.15, 0.2) is 0 Å². The van der Waals surface area contributed by atoms with Crippen molar-refractivity contribution in [1.82, 2.24) is 0 Å². The molecular formula is C11H22N2O. The number of hydrogen-bond acceptors (Lipinski definition) is 2. The average molecular weight is 198 g/mol. The molecule has 0 unspecified atom stereocenters. The number of amides is 1. The van der Waals surface area contributed by atoms with E-state index in [1.54, 1.807) is 6.92 Å². The van der Waals surface area contributed by atoms with Crippen LogP contribution in [0.25, 0.3) is 0 Å².